The highest BCUT2D eigenvalue weighted by molar-refractivity contribution is 5.96. The van der Waals surface area contributed by atoms with Crippen molar-refractivity contribution in [2.75, 3.05) is 19.6 Å². The van der Waals surface area contributed by atoms with Gasteiger partial charge in [0.05, 0.1) is 11.3 Å². The minimum absolute atomic E-state index is 0. The molecular weight excluding hydrogens is 300 g/mol. The first-order valence-electron chi connectivity index (χ1n) is 8.16. The van der Waals surface area contributed by atoms with Crippen LogP contribution in [-0.4, -0.2) is 35.3 Å². The highest BCUT2D eigenvalue weighted by atomic mass is 35.5. The van der Waals surface area contributed by atoms with Gasteiger partial charge in [0, 0.05) is 18.8 Å². The van der Waals surface area contributed by atoms with Crippen LogP contribution in [0.3, 0.4) is 0 Å². The molecule has 0 bridgehead atoms. The number of hydrogen-bond acceptors (Lipinski definition) is 3. The number of rotatable bonds is 6. The first-order valence-corrected chi connectivity index (χ1v) is 8.16. The van der Waals surface area contributed by atoms with Crippen molar-refractivity contribution in [3.05, 3.63) is 17.0 Å². The summed E-state index contributed by atoms with van der Waals surface area (Å²) in [6.07, 6.45) is 4.60. The van der Waals surface area contributed by atoms with Crippen LogP contribution < -0.4 is 10.6 Å². The van der Waals surface area contributed by atoms with Crippen molar-refractivity contribution in [3.8, 4) is 0 Å². The Morgan fingerprint density at radius 3 is 2.86 bits per heavy atom. The molecule has 1 fully saturated rings. The minimum atomic E-state index is 0. The van der Waals surface area contributed by atoms with Crippen LogP contribution in [0, 0.1) is 19.8 Å². The lowest BCUT2D eigenvalue weighted by molar-refractivity contribution is 0.0949. The van der Waals surface area contributed by atoms with Gasteiger partial charge in [-0.3, -0.25) is 9.48 Å². The number of aryl methyl sites for hydroxylation is 2. The topological polar surface area (TPSA) is 59.0 Å². The first kappa shape index (κ1) is 19.0. The van der Waals surface area contributed by atoms with Gasteiger partial charge in [0.2, 0.25) is 0 Å². The number of piperidine rings is 1. The zero-order valence-electron chi connectivity index (χ0n) is 13.9. The third-order valence-corrected chi connectivity index (χ3v) is 4.28. The molecule has 126 valence electrons. The van der Waals surface area contributed by atoms with Crippen LogP contribution in [-0.2, 0) is 6.54 Å². The normalized spacial score (nSPS) is 17.9. The molecule has 1 aromatic rings. The van der Waals surface area contributed by atoms with E-state index in [1.807, 2.05) is 18.5 Å². The fourth-order valence-corrected chi connectivity index (χ4v) is 3.10. The van der Waals surface area contributed by atoms with Gasteiger partial charge in [-0.05, 0) is 58.5 Å². The Balaban J connectivity index is 0.00000242. The van der Waals surface area contributed by atoms with Crippen molar-refractivity contribution in [1.82, 2.24) is 20.4 Å². The maximum absolute atomic E-state index is 12.4. The Morgan fingerprint density at radius 1 is 1.45 bits per heavy atom. The Hall–Kier alpha value is -1.07. The van der Waals surface area contributed by atoms with E-state index < -0.39 is 0 Å². The lowest BCUT2D eigenvalue weighted by Crippen LogP contribution is -2.33. The van der Waals surface area contributed by atoms with Crippen LogP contribution in [0.2, 0.25) is 0 Å². The molecule has 0 spiro atoms. The van der Waals surface area contributed by atoms with Gasteiger partial charge in [-0.25, -0.2) is 0 Å². The molecule has 6 heteroatoms. The number of hydrogen-bond donors (Lipinski definition) is 2. The van der Waals surface area contributed by atoms with Crippen molar-refractivity contribution >= 4 is 18.3 Å². The fraction of sp³-hybridized carbons (Fsp3) is 0.750. The largest absolute Gasteiger partial charge is 0.352 e. The second-order valence-corrected chi connectivity index (χ2v) is 6.03. The third-order valence-electron chi connectivity index (χ3n) is 4.28. The number of carbonyl (C=O) groups excluding carboxylic acids is 1. The molecule has 2 rings (SSSR count). The van der Waals surface area contributed by atoms with E-state index in [1.165, 1.54) is 12.8 Å². The van der Waals surface area contributed by atoms with Gasteiger partial charge in [-0.1, -0.05) is 6.92 Å². The average Bonchev–Trinajstić information content (AvgIpc) is 2.75. The van der Waals surface area contributed by atoms with E-state index in [2.05, 4.69) is 22.7 Å². The number of halogens is 1. The van der Waals surface area contributed by atoms with Gasteiger partial charge >= 0.3 is 0 Å². The van der Waals surface area contributed by atoms with Crippen LogP contribution in [0.5, 0.6) is 0 Å². The van der Waals surface area contributed by atoms with Crippen molar-refractivity contribution < 1.29 is 4.79 Å². The molecule has 1 amide bonds. The van der Waals surface area contributed by atoms with Crippen LogP contribution in [0.1, 0.15) is 54.4 Å². The highest BCUT2D eigenvalue weighted by Gasteiger charge is 2.19. The molecule has 0 aromatic carbocycles. The third kappa shape index (κ3) is 4.71. The summed E-state index contributed by atoms with van der Waals surface area (Å²) in [5.74, 6) is 0.722. The summed E-state index contributed by atoms with van der Waals surface area (Å²) in [6.45, 7) is 9.86. The standard InChI is InChI=1S/C16H28N4O.ClH/c1-4-10-20-13(3)15(12(2)19-20)16(21)18-9-7-14-6-5-8-17-11-14;/h14,17H,4-11H2,1-3H3,(H,18,21);1H. The molecule has 0 saturated carbocycles. The number of nitrogens with zero attached hydrogens (tertiary/aromatic N) is 2. The molecule has 1 saturated heterocycles. The monoisotopic (exact) mass is 328 g/mol. The quantitative estimate of drug-likeness (QED) is 0.843. The molecule has 1 unspecified atom stereocenters. The smallest absolute Gasteiger partial charge is 0.255 e. The maximum Gasteiger partial charge on any atom is 0.255 e. The second-order valence-electron chi connectivity index (χ2n) is 6.03. The summed E-state index contributed by atoms with van der Waals surface area (Å²) in [4.78, 5) is 12.4. The van der Waals surface area contributed by atoms with E-state index in [0.717, 1.165) is 56.0 Å². The predicted octanol–water partition coefficient (Wildman–Crippen LogP) is 2.45. The molecule has 0 radical (unpaired) electrons. The van der Waals surface area contributed by atoms with Gasteiger partial charge < -0.3 is 10.6 Å². The zero-order valence-corrected chi connectivity index (χ0v) is 14.8. The number of amides is 1. The van der Waals surface area contributed by atoms with E-state index in [1.54, 1.807) is 0 Å². The van der Waals surface area contributed by atoms with Crippen molar-refractivity contribution in [3.63, 3.8) is 0 Å². The summed E-state index contributed by atoms with van der Waals surface area (Å²) in [6, 6.07) is 0. The average molecular weight is 329 g/mol. The van der Waals surface area contributed by atoms with E-state index in [4.69, 9.17) is 0 Å². The van der Waals surface area contributed by atoms with E-state index in [0.29, 0.717) is 5.92 Å². The summed E-state index contributed by atoms with van der Waals surface area (Å²) >= 11 is 0. The number of carbonyl (C=O) groups is 1. The summed E-state index contributed by atoms with van der Waals surface area (Å²) in [5.41, 5.74) is 2.56. The van der Waals surface area contributed by atoms with E-state index in [9.17, 15) is 4.79 Å². The molecule has 22 heavy (non-hydrogen) atoms. The van der Waals surface area contributed by atoms with Crippen molar-refractivity contribution in [2.24, 2.45) is 5.92 Å². The lowest BCUT2D eigenvalue weighted by Gasteiger charge is -2.22. The second kappa shape index (κ2) is 9.16. The summed E-state index contributed by atoms with van der Waals surface area (Å²) in [7, 11) is 0. The van der Waals surface area contributed by atoms with Crippen LogP contribution >= 0.6 is 12.4 Å². The Kier molecular flexibility index (Phi) is 7.90. The SMILES string of the molecule is CCCn1nc(C)c(C(=O)NCCC2CCCNC2)c1C.Cl. The highest BCUT2D eigenvalue weighted by Crippen LogP contribution is 2.15. The molecular formula is C16H29ClN4O. The minimum Gasteiger partial charge on any atom is -0.352 e. The molecule has 5 nitrogen and oxygen atoms in total. The van der Waals surface area contributed by atoms with Crippen LogP contribution in [0.4, 0.5) is 0 Å². The Bertz CT molecular complexity index is 481. The Labute approximate surface area is 139 Å². The van der Waals surface area contributed by atoms with Crippen molar-refractivity contribution in [2.45, 2.75) is 53.0 Å². The molecule has 2 N–H and O–H groups in total. The molecule has 1 aromatic heterocycles. The number of aromatic nitrogens is 2. The van der Waals surface area contributed by atoms with Gasteiger partial charge in [0.25, 0.3) is 5.91 Å². The predicted molar refractivity (Wildman–Crippen MR) is 91.8 cm³/mol. The molecule has 1 aliphatic heterocycles. The van der Waals surface area contributed by atoms with E-state index >= 15 is 0 Å². The van der Waals surface area contributed by atoms with Crippen LogP contribution in [0.15, 0.2) is 0 Å². The molecule has 1 atom stereocenters. The zero-order chi connectivity index (χ0) is 15.2. The number of nitrogens with one attached hydrogen (secondary N) is 2. The fourth-order valence-electron chi connectivity index (χ4n) is 3.10. The van der Waals surface area contributed by atoms with Gasteiger partial charge in [-0.15, -0.1) is 12.4 Å². The van der Waals surface area contributed by atoms with Crippen LogP contribution in [0.25, 0.3) is 0 Å². The molecule has 0 aliphatic carbocycles. The van der Waals surface area contributed by atoms with Gasteiger partial charge in [0.1, 0.15) is 0 Å². The summed E-state index contributed by atoms with van der Waals surface area (Å²) < 4.78 is 1.94. The lowest BCUT2D eigenvalue weighted by atomic mass is 9.96. The molecule has 1 aliphatic rings. The van der Waals surface area contributed by atoms with Crippen molar-refractivity contribution in [1.29, 1.82) is 0 Å². The summed E-state index contributed by atoms with van der Waals surface area (Å²) in [5, 5.41) is 10.9. The molecule has 2 heterocycles. The van der Waals surface area contributed by atoms with E-state index in [-0.39, 0.29) is 18.3 Å². The van der Waals surface area contributed by atoms with Gasteiger partial charge in [-0.2, -0.15) is 5.10 Å². The maximum atomic E-state index is 12.4. The Morgan fingerprint density at radius 2 is 2.23 bits per heavy atom. The van der Waals surface area contributed by atoms with Gasteiger partial charge in [0.15, 0.2) is 0 Å². The first-order chi connectivity index (χ1) is 10.1.